The number of aliphatic hydroxyl groups excluding tert-OH is 1. The third kappa shape index (κ3) is 2.82. The summed E-state index contributed by atoms with van der Waals surface area (Å²) in [5.41, 5.74) is 2.43. The maximum atomic E-state index is 9.27. The molecule has 1 rings (SSSR count). The number of hydrogen-bond donors (Lipinski definition) is 2. The molecule has 0 aliphatic carbocycles. The summed E-state index contributed by atoms with van der Waals surface area (Å²) >= 11 is 0. The van der Waals surface area contributed by atoms with Crippen LogP contribution in [-0.2, 0) is 0 Å². The van der Waals surface area contributed by atoms with E-state index in [0.717, 1.165) is 13.0 Å². The molecule has 2 heteroatoms. The minimum Gasteiger partial charge on any atom is -0.394 e. The number of rotatable bonds is 5. The first-order valence-electron chi connectivity index (χ1n) is 5.19. The van der Waals surface area contributed by atoms with Crippen molar-refractivity contribution in [3.63, 3.8) is 0 Å². The second kappa shape index (κ2) is 5.78. The molecule has 1 aromatic carbocycles. The number of nitrogens with one attached hydrogen (secondary N) is 1. The molecule has 0 spiro atoms. The van der Waals surface area contributed by atoms with Crippen LogP contribution in [0.15, 0.2) is 24.3 Å². The Balaban J connectivity index is 2.73. The lowest BCUT2D eigenvalue weighted by Gasteiger charge is -2.18. The van der Waals surface area contributed by atoms with Crippen molar-refractivity contribution in [3.8, 4) is 0 Å². The highest BCUT2D eigenvalue weighted by atomic mass is 16.3. The van der Waals surface area contributed by atoms with E-state index in [1.165, 1.54) is 11.1 Å². The summed E-state index contributed by atoms with van der Waals surface area (Å²) in [5, 5.41) is 12.6. The van der Waals surface area contributed by atoms with E-state index in [4.69, 9.17) is 0 Å². The van der Waals surface area contributed by atoms with E-state index < -0.39 is 0 Å². The molecule has 0 bridgehead atoms. The van der Waals surface area contributed by atoms with Gasteiger partial charge in [-0.2, -0.15) is 0 Å². The van der Waals surface area contributed by atoms with E-state index >= 15 is 0 Å². The lowest BCUT2D eigenvalue weighted by Crippen LogP contribution is -2.25. The highest BCUT2D eigenvalue weighted by Crippen LogP contribution is 2.16. The summed E-state index contributed by atoms with van der Waals surface area (Å²) in [7, 11) is 0. The van der Waals surface area contributed by atoms with Crippen LogP contribution in [0.3, 0.4) is 0 Å². The van der Waals surface area contributed by atoms with Crippen molar-refractivity contribution in [2.45, 2.75) is 26.3 Å². The zero-order chi connectivity index (χ0) is 10.4. The molecule has 2 nitrogen and oxygen atoms in total. The zero-order valence-corrected chi connectivity index (χ0v) is 8.96. The minimum atomic E-state index is 0.0798. The van der Waals surface area contributed by atoms with Gasteiger partial charge < -0.3 is 10.4 Å². The highest BCUT2D eigenvalue weighted by molar-refractivity contribution is 5.28. The van der Waals surface area contributed by atoms with E-state index in [1.54, 1.807) is 0 Å². The number of hydrogen-bond acceptors (Lipinski definition) is 2. The Morgan fingerprint density at radius 1 is 1.36 bits per heavy atom. The standard InChI is InChI=1S/C12H19NO/c1-3-8-13-12(9-14)11-7-5-4-6-10(11)2/h4-7,12-14H,3,8-9H2,1-2H3. The molecule has 0 aromatic heterocycles. The van der Waals surface area contributed by atoms with Gasteiger partial charge in [0.1, 0.15) is 0 Å². The van der Waals surface area contributed by atoms with Crippen LogP contribution in [0.5, 0.6) is 0 Å². The third-order valence-corrected chi connectivity index (χ3v) is 2.39. The van der Waals surface area contributed by atoms with E-state index in [9.17, 15) is 5.11 Å². The molecule has 1 unspecified atom stereocenters. The van der Waals surface area contributed by atoms with Gasteiger partial charge in [0, 0.05) is 0 Å². The first-order chi connectivity index (χ1) is 6.79. The van der Waals surface area contributed by atoms with E-state index in [-0.39, 0.29) is 12.6 Å². The van der Waals surface area contributed by atoms with Crippen LogP contribution < -0.4 is 5.32 Å². The molecule has 0 heterocycles. The van der Waals surface area contributed by atoms with Crippen LogP contribution in [0.1, 0.15) is 30.5 Å². The topological polar surface area (TPSA) is 32.3 Å². The summed E-state index contributed by atoms with van der Waals surface area (Å²) in [6.45, 7) is 5.30. The van der Waals surface area contributed by atoms with Gasteiger partial charge in [0.05, 0.1) is 12.6 Å². The fourth-order valence-corrected chi connectivity index (χ4v) is 1.57. The van der Waals surface area contributed by atoms with Crippen LogP contribution in [-0.4, -0.2) is 18.3 Å². The first kappa shape index (κ1) is 11.2. The van der Waals surface area contributed by atoms with Crippen molar-refractivity contribution in [3.05, 3.63) is 35.4 Å². The van der Waals surface area contributed by atoms with Gasteiger partial charge in [-0.15, -0.1) is 0 Å². The SMILES string of the molecule is CCCNC(CO)c1ccccc1C. The van der Waals surface area contributed by atoms with Crippen molar-refractivity contribution in [1.82, 2.24) is 5.32 Å². The van der Waals surface area contributed by atoms with Gasteiger partial charge in [-0.05, 0) is 31.0 Å². The number of benzene rings is 1. The van der Waals surface area contributed by atoms with Crippen molar-refractivity contribution < 1.29 is 5.11 Å². The molecule has 0 amide bonds. The Morgan fingerprint density at radius 3 is 2.64 bits per heavy atom. The van der Waals surface area contributed by atoms with E-state index in [2.05, 4.69) is 31.3 Å². The van der Waals surface area contributed by atoms with Crippen LogP contribution in [0.25, 0.3) is 0 Å². The third-order valence-electron chi connectivity index (χ3n) is 2.39. The predicted octanol–water partition coefficient (Wildman–Crippen LogP) is 2.03. The quantitative estimate of drug-likeness (QED) is 0.750. The Hall–Kier alpha value is -0.860. The normalized spacial score (nSPS) is 12.8. The lowest BCUT2D eigenvalue weighted by molar-refractivity contribution is 0.244. The van der Waals surface area contributed by atoms with Crippen molar-refractivity contribution in [2.75, 3.05) is 13.2 Å². The summed E-state index contributed by atoms with van der Waals surface area (Å²) in [6, 6.07) is 8.26. The molecule has 14 heavy (non-hydrogen) atoms. The first-order valence-corrected chi connectivity index (χ1v) is 5.19. The fourth-order valence-electron chi connectivity index (χ4n) is 1.57. The van der Waals surface area contributed by atoms with Crippen LogP contribution in [0.4, 0.5) is 0 Å². The molecule has 0 saturated carbocycles. The molecule has 0 aliphatic rings. The summed E-state index contributed by atoms with van der Waals surface area (Å²) in [4.78, 5) is 0. The van der Waals surface area contributed by atoms with E-state index in [1.807, 2.05) is 12.1 Å². The smallest absolute Gasteiger partial charge is 0.0626 e. The minimum absolute atomic E-state index is 0.0798. The van der Waals surface area contributed by atoms with Crippen LogP contribution in [0, 0.1) is 6.92 Å². The zero-order valence-electron chi connectivity index (χ0n) is 8.96. The van der Waals surface area contributed by atoms with Gasteiger partial charge in [-0.25, -0.2) is 0 Å². The lowest BCUT2D eigenvalue weighted by atomic mass is 10.0. The monoisotopic (exact) mass is 193 g/mol. The van der Waals surface area contributed by atoms with E-state index in [0.29, 0.717) is 0 Å². The maximum absolute atomic E-state index is 9.27. The fraction of sp³-hybridized carbons (Fsp3) is 0.500. The Labute approximate surface area is 86.0 Å². The van der Waals surface area contributed by atoms with Crippen molar-refractivity contribution in [2.24, 2.45) is 0 Å². The molecule has 0 saturated heterocycles. The van der Waals surface area contributed by atoms with Gasteiger partial charge in [0.25, 0.3) is 0 Å². The second-order valence-electron chi connectivity index (χ2n) is 3.55. The van der Waals surface area contributed by atoms with Gasteiger partial charge in [-0.3, -0.25) is 0 Å². The molecule has 0 aliphatic heterocycles. The second-order valence-corrected chi connectivity index (χ2v) is 3.55. The van der Waals surface area contributed by atoms with Gasteiger partial charge in [0.15, 0.2) is 0 Å². The Morgan fingerprint density at radius 2 is 2.07 bits per heavy atom. The highest BCUT2D eigenvalue weighted by Gasteiger charge is 2.10. The molecular formula is C12H19NO. The number of aliphatic hydroxyl groups is 1. The predicted molar refractivity (Wildman–Crippen MR) is 59.3 cm³/mol. The van der Waals surface area contributed by atoms with Gasteiger partial charge in [0.2, 0.25) is 0 Å². The molecule has 78 valence electrons. The molecular weight excluding hydrogens is 174 g/mol. The van der Waals surface area contributed by atoms with Crippen LogP contribution >= 0.6 is 0 Å². The van der Waals surface area contributed by atoms with Crippen molar-refractivity contribution >= 4 is 0 Å². The molecule has 1 atom stereocenters. The number of aryl methyl sites for hydroxylation is 1. The van der Waals surface area contributed by atoms with Crippen LogP contribution in [0.2, 0.25) is 0 Å². The average molecular weight is 193 g/mol. The Kier molecular flexibility index (Phi) is 4.63. The maximum Gasteiger partial charge on any atom is 0.0626 e. The Bertz CT molecular complexity index is 273. The molecule has 1 aromatic rings. The molecule has 2 N–H and O–H groups in total. The summed E-state index contributed by atoms with van der Waals surface area (Å²) in [6.07, 6.45) is 1.09. The van der Waals surface area contributed by atoms with Gasteiger partial charge >= 0.3 is 0 Å². The summed E-state index contributed by atoms with van der Waals surface area (Å²) in [5.74, 6) is 0. The largest absolute Gasteiger partial charge is 0.394 e. The van der Waals surface area contributed by atoms with Crippen molar-refractivity contribution in [1.29, 1.82) is 0 Å². The molecule has 0 fully saturated rings. The average Bonchev–Trinajstić information content (AvgIpc) is 2.21. The summed E-state index contributed by atoms with van der Waals surface area (Å²) < 4.78 is 0. The van der Waals surface area contributed by atoms with Gasteiger partial charge in [-0.1, -0.05) is 31.2 Å². The molecule has 0 radical (unpaired) electrons.